The smallest absolute Gasteiger partial charge is 0.201 e. The molecule has 0 aliphatic heterocycles. The lowest BCUT2D eigenvalue weighted by molar-refractivity contribution is -0.416. The molecule has 10 heavy (non-hydrogen) atoms. The van der Waals surface area contributed by atoms with Crippen LogP contribution in [0.5, 0.6) is 0 Å². The van der Waals surface area contributed by atoms with Gasteiger partial charge in [-0.05, 0) is 0 Å². The third kappa shape index (κ3) is 1.81. The lowest BCUT2D eigenvalue weighted by Crippen LogP contribution is -1.99. The van der Waals surface area contributed by atoms with Crippen LogP contribution in [0.1, 0.15) is 5.69 Å². The van der Waals surface area contributed by atoms with Crippen LogP contribution >= 0.6 is 0 Å². The Kier molecular flexibility index (Phi) is 1.94. The van der Waals surface area contributed by atoms with Crippen LogP contribution in [0.3, 0.4) is 0 Å². The number of hydrogen-bond donors (Lipinski definition) is 0. The Morgan fingerprint density at radius 3 is 2.90 bits per heavy atom. The Morgan fingerprint density at radius 2 is 2.40 bits per heavy atom. The van der Waals surface area contributed by atoms with Crippen LogP contribution in [0.25, 0.3) is 0 Å². The van der Waals surface area contributed by atoms with Crippen molar-refractivity contribution in [3.63, 3.8) is 0 Å². The summed E-state index contributed by atoms with van der Waals surface area (Å²) in [4.78, 5) is 7.64. The summed E-state index contributed by atoms with van der Waals surface area (Å²) in [6.45, 7) is 0. The van der Waals surface area contributed by atoms with Gasteiger partial charge in [-0.1, -0.05) is 0 Å². The Hall–Kier alpha value is -1.45. The van der Waals surface area contributed by atoms with Crippen molar-refractivity contribution in [2.45, 2.75) is 0 Å². The van der Waals surface area contributed by atoms with Gasteiger partial charge in [-0.3, -0.25) is 4.98 Å². The summed E-state index contributed by atoms with van der Waals surface area (Å²) in [6.07, 6.45) is 5.97. The molecule has 4 nitrogen and oxygen atoms in total. The number of hydrogen-bond acceptors (Lipinski definition) is 3. The first kappa shape index (κ1) is 6.67. The van der Waals surface area contributed by atoms with Crippen LogP contribution in [0.15, 0.2) is 18.6 Å². The predicted molar refractivity (Wildman–Crippen MR) is 36.7 cm³/mol. The molecule has 0 unspecified atom stereocenters. The third-order valence-electron chi connectivity index (χ3n) is 0.897. The first-order chi connectivity index (χ1) is 4.79. The van der Waals surface area contributed by atoms with Gasteiger partial charge in [0.15, 0.2) is 0 Å². The summed E-state index contributed by atoms with van der Waals surface area (Å²) in [5.74, 6) is 0. The van der Waals surface area contributed by atoms with Crippen molar-refractivity contribution in [3.8, 4) is 0 Å². The van der Waals surface area contributed by atoms with Gasteiger partial charge in [0.25, 0.3) is 0 Å². The summed E-state index contributed by atoms with van der Waals surface area (Å²) < 4.78 is 0.685. The molecule has 0 spiro atoms. The van der Waals surface area contributed by atoms with Gasteiger partial charge < -0.3 is 5.21 Å². The van der Waals surface area contributed by atoms with Crippen LogP contribution in [-0.2, 0) is 0 Å². The normalized spacial score (nSPS) is 11.5. The van der Waals surface area contributed by atoms with Crippen molar-refractivity contribution >= 4 is 6.21 Å². The number of rotatable bonds is 1. The highest BCUT2D eigenvalue weighted by Crippen LogP contribution is 1.82. The maximum atomic E-state index is 10.4. The molecule has 1 rings (SSSR count). The van der Waals surface area contributed by atoms with E-state index < -0.39 is 0 Å². The molecular formula is C6H7N3O. The van der Waals surface area contributed by atoms with E-state index in [-0.39, 0.29) is 0 Å². The topological polar surface area (TPSA) is 51.9 Å². The van der Waals surface area contributed by atoms with E-state index >= 15 is 0 Å². The lowest BCUT2D eigenvalue weighted by atomic mass is 10.5. The maximum Gasteiger partial charge on any atom is 0.201 e. The molecule has 0 saturated carbocycles. The van der Waals surface area contributed by atoms with E-state index in [1.165, 1.54) is 25.7 Å². The molecule has 4 heteroatoms. The molecule has 52 valence electrons. The Bertz CT molecular complexity index is 228. The number of nitrogens with zero attached hydrogens (tertiary/aromatic N) is 3. The quantitative estimate of drug-likeness (QED) is 0.237. The minimum absolute atomic E-state index is 0.569. The van der Waals surface area contributed by atoms with E-state index in [0.717, 1.165) is 0 Å². The molecule has 0 atom stereocenters. The zero-order valence-electron chi connectivity index (χ0n) is 5.56. The molecule has 1 aromatic rings. The molecule has 0 amide bonds. The Labute approximate surface area is 58.5 Å². The van der Waals surface area contributed by atoms with Crippen LogP contribution in [0.2, 0.25) is 0 Å². The van der Waals surface area contributed by atoms with E-state index in [0.29, 0.717) is 10.4 Å². The van der Waals surface area contributed by atoms with Gasteiger partial charge >= 0.3 is 0 Å². The van der Waals surface area contributed by atoms with Crippen LogP contribution < -0.4 is 0 Å². The Balaban J connectivity index is 2.87. The summed E-state index contributed by atoms with van der Waals surface area (Å²) in [5.41, 5.74) is 0.569. The zero-order valence-corrected chi connectivity index (χ0v) is 5.56. The Morgan fingerprint density at radius 1 is 1.60 bits per heavy atom. The molecule has 0 aromatic carbocycles. The van der Waals surface area contributed by atoms with E-state index in [9.17, 15) is 5.21 Å². The van der Waals surface area contributed by atoms with Crippen LogP contribution in [0, 0.1) is 5.21 Å². The zero-order chi connectivity index (χ0) is 7.40. The molecule has 0 fully saturated rings. The lowest BCUT2D eigenvalue weighted by Gasteiger charge is -1.92. The largest absolute Gasteiger partial charge is 0.624 e. The molecule has 0 bridgehead atoms. The molecule has 0 aliphatic rings. The molecule has 0 radical (unpaired) electrons. The van der Waals surface area contributed by atoms with Gasteiger partial charge in [-0.15, -0.1) is 0 Å². The second-order valence-electron chi connectivity index (χ2n) is 1.81. The van der Waals surface area contributed by atoms with E-state index in [1.807, 2.05) is 0 Å². The van der Waals surface area contributed by atoms with E-state index in [1.54, 1.807) is 6.20 Å². The van der Waals surface area contributed by atoms with Gasteiger partial charge in [0, 0.05) is 12.4 Å². The van der Waals surface area contributed by atoms with Crippen molar-refractivity contribution in [1.82, 2.24) is 9.97 Å². The fraction of sp³-hybridized carbons (Fsp3) is 0.167. The standard InChI is InChI=1S/C6H7N3O/c1-9(10)5-6-4-7-2-3-8-6/h2-5H,1H3. The van der Waals surface area contributed by atoms with Crippen molar-refractivity contribution in [2.24, 2.45) is 0 Å². The summed E-state index contributed by atoms with van der Waals surface area (Å²) in [5, 5.41) is 10.4. The van der Waals surface area contributed by atoms with Crippen molar-refractivity contribution in [2.75, 3.05) is 7.05 Å². The van der Waals surface area contributed by atoms with Gasteiger partial charge in [0.2, 0.25) is 6.21 Å². The monoisotopic (exact) mass is 137 g/mol. The molecule has 0 aliphatic carbocycles. The summed E-state index contributed by atoms with van der Waals surface area (Å²) in [6, 6.07) is 0. The summed E-state index contributed by atoms with van der Waals surface area (Å²) >= 11 is 0. The number of hydroxylamine groups is 1. The van der Waals surface area contributed by atoms with E-state index in [4.69, 9.17) is 0 Å². The van der Waals surface area contributed by atoms with Crippen LogP contribution in [0.4, 0.5) is 0 Å². The second kappa shape index (κ2) is 2.91. The molecule has 1 heterocycles. The third-order valence-corrected chi connectivity index (χ3v) is 0.897. The first-order valence-corrected chi connectivity index (χ1v) is 2.80. The highest BCUT2D eigenvalue weighted by molar-refractivity contribution is 5.71. The highest BCUT2D eigenvalue weighted by Gasteiger charge is 1.89. The number of aromatic nitrogens is 2. The van der Waals surface area contributed by atoms with Gasteiger partial charge in [-0.2, -0.15) is 0 Å². The minimum atomic E-state index is 0.569. The summed E-state index contributed by atoms with van der Waals surface area (Å²) in [7, 11) is 1.40. The maximum absolute atomic E-state index is 10.4. The van der Waals surface area contributed by atoms with Gasteiger partial charge in [0.05, 0.1) is 6.20 Å². The van der Waals surface area contributed by atoms with Gasteiger partial charge in [-0.25, -0.2) is 9.72 Å². The van der Waals surface area contributed by atoms with Crippen molar-refractivity contribution in [3.05, 3.63) is 29.5 Å². The minimum Gasteiger partial charge on any atom is -0.624 e. The van der Waals surface area contributed by atoms with Crippen LogP contribution in [-0.4, -0.2) is 28.0 Å². The second-order valence-corrected chi connectivity index (χ2v) is 1.81. The first-order valence-electron chi connectivity index (χ1n) is 2.80. The fourth-order valence-electron chi connectivity index (χ4n) is 0.564. The predicted octanol–water partition coefficient (Wildman–Crippen LogP) is 0.0356. The van der Waals surface area contributed by atoms with Crippen molar-refractivity contribution in [1.29, 1.82) is 0 Å². The SMILES string of the molecule is C[N+]([O-])=Cc1cnccn1. The average Bonchev–Trinajstić information content (AvgIpc) is 1.88. The highest BCUT2D eigenvalue weighted by atomic mass is 16.5. The van der Waals surface area contributed by atoms with Crippen molar-refractivity contribution < 1.29 is 4.74 Å². The molecule has 0 saturated heterocycles. The fourth-order valence-corrected chi connectivity index (χ4v) is 0.564. The molecule has 1 aromatic heterocycles. The van der Waals surface area contributed by atoms with Gasteiger partial charge in [0.1, 0.15) is 12.7 Å². The van der Waals surface area contributed by atoms with E-state index in [2.05, 4.69) is 9.97 Å². The molecular weight excluding hydrogens is 130 g/mol. The average molecular weight is 137 g/mol. The molecule has 0 N–H and O–H groups in total.